The number of amides is 1. The van der Waals surface area contributed by atoms with E-state index in [1.165, 1.54) is 51.4 Å². The van der Waals surface area contributed by atoms with Crippen molar-refractivity contribution in [3.8, 4) is 0 Å². The van der Waals surface area contributed by atoms with E-state index < -0.39 is 26.6 Å². The number of carbonyl (C=O) groups excluding carboxylic acids is 1. The fraction of sp³-hybridized carbons (Fsp3) is 0.705. The summed E-state index contributed by atoms with van der Waals surface area (Å²) in [5.74, 6) is -0.231. The number of nitrogens with one attached hydrogen (secondary N) is 1. The summed E-state index contributed by atoms with van der Waals surface area (Å²) in [6, 6.07) is -0.917. The number of aliphatic hydroxyl groups excluding tert-OH is 1. The topological polar surface area (TPSA) is 108 Å². The Balaban J connectivity index is 4.44. The van der Waals surface area contributed by atoms with Gasteiger partial charge in [-0.25, -0.2) is 0 Å². The van der Waals surface area contributed by atoms with Gasteiger partial charge >= 0.3 is 0 Å². The Morgan fingerprint density at radius 3 is 1.74 bits per heavy atom. The van der Waals surface area contributed by atoms with E-state index in [1.54, 1.807) is 6.08 Å². The third-order valence-electron chi connectivity index (χ3n) is 8.63. The standard InChI is InChI=1S/C44H79N2O6P/c1-6-8-10-12-14-16-18-19-20-21-22-23-24-25-26-27-28-30-32-34-36-38-44(48)45-42(41-52-53(49,50)51-40-39-46(3,4)5)43(47)37-35-33-31-29-17-15-13-11-9-7-2/h9,11,17-19,21-22,24-25,29,35,37,42-43,47H,6-8,10,12-16,20,23,26-28,30-34,36,38-41H2,1-5H3,(H-,45,48,49,50)/b11-9+,19-18-,22-21-,25-24-,29-17+,37-35+. The predicted molar refractivity (Wildman–Crippen MR) is 223 cm³/mol. The molecule has 53 heavy (non-hydrogen) atoms. The molecule has 2 N–H and O–H groups in total. The summed E-state index contributed by atoms with van der Waals surface area (Å²) in [5, 5.41) is 13.7. The number of rotatable bonds is 36. The maximum Gasteiger partial charge on any atom is 0.268 e. The summed E-state index contributed by atoms with van der Waals surface area (Å²) in [5.41, 5.74) is 0. The first-order valence-corrected chi connectivity index (χ1v) is 22.3. The Kier molecular flexibility index (Phi) is 34.2. The second-order valence-corrected chi connectivity index (χ2v) is 16.3. The van der Waals surface area contributed by atoms with Crippen LogP contribution < -0.4 is 10.2 Å². The van der Waals surface area contributed by atoms with Gasteiger partial charge in [-0.15, -0.1) is 0 Å². The molecule has 3 unspecified atom stereocenters. The van der Waals surface area contributed by atoms with Crippen LogP contribution in [-0.2, 0) is 18.4 Å². The Labute approximate surface area is 325 Å². The number of unbranched alkanes of at least 4 members (excludes halogenated alkanes) is 13. The number of quaternary nitrogens is 1. The van der Waals surface area contributed by atoms with Gasteiger partial charge < -0.3 is 28.8 Å². The summed E-state index contributed by atoms with van der Waals surface area (Å²) in [6.07, 6.45) is 46.7. The molecule has 0 bridgehead atoms. The fourth-order valence-electron chi connectivity index (χ4n) is 5.31. The Hall–Kier alpha value is -2.06. The van der Waals surface area contributed by atoms with Gasteiger partial charge in [-0.1, -0.05) is 138 Å². The monoisotopic (exact) mass is 763 g/mol. The molecule has 8 nitrogen and oxygen atoms in total. The van der Waals surface area contributed by atoms with Gasteiger partial charge in [0.05, 0.1) is 39.9 Å². The molecule has 0 aromatic rings. The number of phosphoric acid groups is 1. The van der Waals surface area contributed by atoms with Gasteiger partial charge in [-0.2, -0.15) is 0 Å². The number of hydrogen-bond donors (Lipinski definition) is 2. The zero-order valence-corrected chi connectivity index (χ0v) is 35.3. The minimum atomic E-state index is -4.60. The van der Waals surface area contributed by atoms with Crippen LogP contribution in [0.2, 0.25) is 0 Å². The van der Waals surface area contributed by atoms with Crippen molar-refractivity contribution in [1.82, 2.24) is 5.32 Å². The molecule has 0 rings (SSSR count). The molecule has 9 heteroatoms. The van der Waals surface area contributed by atoms with Crippen molar-refractivity contribution in [2.24, 2.45) is 0 Å². The van der Waals surface area contributed by atoms with Gasteiger partial charge in [0, 0.05) is 6.42 Å². The summed E-state index contributed by atoms with van der Waals surface area (Å²) in [7, 11) is 1.21. The van der Waals surface area contributed by atoms with Gasteiger partial charge in [0.2, 0.25) is 5.91 Å². The van der Waals surface area contributed by atoms with Gasteiger partial charge in [-0.05, 0) is 77.0 Å². The minimum Gasteiger partial charge on any atom is -0.756 e. The maximum atomic E-state index is 12.8. The minimum absolute atomic E-state index is 0.0158. The molecule has 1 amide bonds. The number of likely N-dealkylation sites (N-methyl/N-ethyl adjacent to an activating group) is 1. The molecule has 3 atom stereocenters. The zero-order valence-electron chi connectivity index (χ0n) is 34.4. The third-order valence-corrected chi connectivity index (χ3v) is 9.59. The van der Waals surface area contributed by atoms with Crippen molar-refractivity contribution in [3.63, 3.8) is 0 Å². The molecular weight excluding hydrogens is 683 g/mol. The quantitative estimate of drug-likeness (QED) is 0.0285. The van der Waals surface area contributed by atoms with Crippen molar-refractivity contribution < 1.29 is 32.9 Å². The van der Waals surface area contributed by atoms with Gasteiger partial charge in [0.25, 0.3) is 7.82 Å². The average Bonchev–Trinajstić information content (AvgIpc) is 3.10. The normalized spacial score (nSPS) is 15.2. The lowest BCUT2D eigenvalue weighted by Crippen LogP contribution is -2.45. The molecule has 0 heterocycles. The molecule has 0 saturated carbocycles. The maximum absolute atomic E-state index is 12.8. The molecule has 0 fully saturated rings. The molecule has 0 aliphatic rings. The van der Waals surface area contributed by atoms with Crippen LogP contribution in [0, 0.1) is 0 Å². The molecule has 0 saturated heterocycles. The molecular formula is C44H79N2O6P. The first-order valence-electron chi connectivity index (χ1n) is 20.8. The van der Waals surface area contributed by atoms with Crippen LogP contribution in [-0.4, -0.2) is 68.5 Å². The highest BCUT2D eigenvalue weighted by molar-refractivity contribution is 7.45. The van der Waals surface area contributed by atoms with E-state index in [0.717, 1.165) is 77.0 Å². The molecule has 306 valence electrons. The van der Waals surface area contributed by atoms with Crippen LogP contribution in [0.3, 0.4) is 0 Å². The number of hydrogen-bond acceptors (Lipinski definition) is 6. The highest BCUT2D eigenvalue weighted by Gasteiger charge is 2.23. The van der Waals surface area contributed by atoms with Gasteiger partial charge in [-0.3, -0.25) is 9.36 Å². The van der Waals surface area contributed by atoms with Crippen molar-refractivity contribution in [1.29, 1.82) is 0 Å². The van der Waals surface area contributed by atoms with E-state index in [9.17, 15) is 19.4 Å². The van der Waals surface area contributed by atoms with E-state index in [2.05, 4.69) is 79.9 Å². The smallest absolute Gasteiger partial charge is 0.268 e. The van der Waals surface area contributed by atoms with Gasteiger partial charge in [0.15, 0.2) is 0 Å². The number of phosphoric ester groups is 1. The summed E-state index contributed by atoms with van der Waals surface area (Å²) in [4.78, 5) is 25.2. The Morgan fingerprint density at radius 1 is 0.679 bits per heavy atom. The molecule has 0 aliphatic heterocycles. The lowest BCUT2D eigenvalue weighted by atomic mass is 10.1. The summed E-state index contributed by atoms with van der Waals surface area (Å²) < 4.78 is 23.1. The molecule has 0 aliphatic carbocycles. The Morgan fingerprint density at radius 2 is 1.17 bits per heavy atom. The molecule has 0 spiro atoms. The zero-order chi connectivity index (χ0) is 39.3. The largest absolute Gasteiger partial charge is 0.756 e. The first-order chi connectivity index (χ1) is 25.5. The van der Waals surface area contributed by atoms with Gasteiger partial charge in [0.1, 0.15) is 13.2 Å². The van der Waals surface area contributed by atoms with Crippen LogP contribution >= 0.6 is 7.82 Å². The van der Waals surface area contributed by atoms with Crippen LogP contribution in [0.15, 0.2) is 72.9 Å². The highest BCUT2D eigenvalue weighted by atomic mass is 31.2. The van der Waals surface area contributed by atoms with E-state index in [1.807, 2.05) is 27.2 Å². The lowest BCUT2D eigenvalue weighted by Gasteiger charge is -2.29. The van der Waals surface area contributed by atoms with Crippen molar-refractivity contribution in [2.45, 2.75) is 161 Å². The molecule has 0 aromatic carbocycles. The number of aliphatic hydroxyl groups is 1. The number of allylic oxidation sites excluding steroid dienone is 11. The van der Waals surface area contributed by atoms with E-state index in [4.69, 9.17) is 9.05 Å². The summed E-state index contributed by atoms with van der Waals surface area (Å²) in [6.45, 7) is 4.44. The number of carbonyl (C=O) groups is 1. The SMILES string of the molecule is CC/C=C/CC/C=C/CC/C=C/C(O)C(COP(=O)([O-])OCC[N+](C)(C)C)NC(=O)CCCCCCCC/C=C\C/C=C\C/C=C\CCCCCCC. The fourth-order valence-corrected chi connectivity index (χ4v) is 6.04. The van der Waals surface area contributed by atoms with Crippen LogP contribution in [0.1, 0.15) is 149 Å². The summed E-state index contributed by atoms with van der Waals surface area (Å²) >= 11 is 0. The third kappa shape index (κ3) is 38.0. The van der Waals surface area contributed by atoms with E-state index in [0.29, 0.717) is 17.4 Å². The number of nitrogens with zero attached hydrogens (tertiary/aromatic N) is 1. The van der Waals surface area contributed by atoms with Crippen LogP contribution in [0.5, 0.6) is 0 Å². The second kappa shape index (κ2) is 35.6. The molecule has 0 radical (unpaired) electrons. The highest BCUT2D eigenvalue weighted by Crippen LogP contribution is 2.38. The van der Waals surface area contributed by atoms with Crippen molar-refractivity contribution in [2.75, 3.05) is 40.9 Å². The van der Waals surface area contributed by atoms with E-state index in [-0.39, 0.29) is 12.5 Å². The second-order valence-electron chi connectivity index (χ2n) is 14.9. The van der Waals surface area contributed by atoms with E-state index >= 15 is 0 Å². The molecule has 0 aromatic heterocycles. The van der Waals surface area contributed by atoms with Crippen LogP contribution in [0.25, 0.3) is 0 Å². The lowest BCUT2D eigenvalue weighted by molar-refractivity contribution is -0.870. The predicted octanol–water partition coefficient (Wildman–Crippen LogP) is 10.6. The van der Waals surface area contributed by atoms with Crippen molar-refractivity contribution >= 4 is 13.7 Å². The average molecular weight is 763 g/mol. The Bertz CT molecular complexity index is 1090. The van der Waals surface area contributed by atoms with Crippen molar-refractivity contribution in [3.05, 3.63) is 72.9 Å². The first kappa shape index (κ1) is 50.9. The van der Waals surface area contributed by atoms with Crippen LogP contribution in [0.4, 0.5) is 0 Å².